The number of hydrogen-bond donors (Lipinski definition) is 1. The van der Waals surface area contributed by atoms with E-state index in [1.165, 1.54) is 19.4 Å². The van der Waals surface area contributed by atoms with E-state index in [4.69, 9.17) is 11.5 Å². The number of nitrogens with zero attached hydrogens (tertiary/aromatic N) is 1. The molecule has 2 nitrogen and oxygen atoms in total. The molecule has 1 rings (SSSR count). The Morgan fingerprint density at radius 3 is 3.00 bits per heavy atom. The number of hydrogen-bond acceptors (Lipinski definition) is 2. The molecule has 1 saturated heterocycles. The summed E-state index contributed by atoms with van der Waals surface area (Å²) in [4.78, 5) is 2.53. The van der Waals surface area contributed by atoms with E-state index >= 15 is 0 Å². The van der Waals surface area contributed by atoms with Crippen molar-refractivity contribution < 1.29 is 5.11 Å². The standard InChI is InChI=1S/C12H21NO/c1-2-3-4-9-13-10-5-7-12(13)8-6-11-14/h1,12,14H,3-11H2. The van der Waals surface area contributed by atoms with Gasteiger partial charge in [-0.25, -0.2) is 0 Å². The van der Waals surface area contributed by atoms with Gasteiger partial charge in [-0.2, -0.15) is 0 Å². The average molecular weight is 195 g/mol. The summed E-state index contributed by atoms with van der Waals surface area (Å²) in [7, 11) is 0. The predicted octanol–water partition coefficient (Wildman–Crippen LogP) is 1.64. The zero-order chi connectivity index (χ0) is 10.2. The zero-order valence-electron chi connectivity index (χ0n) is 8.91. The number of aliphatic hydroxyl groups excluding tert-OH is 1. The van der Waals surface area contributed by atoms with Gasteiger partial charge in [0.25, 0.3) is 0 Å². The molecule has 1 aliphatic rings. The van der Waals surface area contributed by atoms with Crippen LogP contribution in [-0.2, 0) is 0 Å². The largest absolute Gasteiger partial charge is 0.396 e. The quantitative estimate of drug-likeness (QED) is 0.514. The summed E-state index contributed by atoms with van der Waals surface area (Å²) >= 11 is 0. The van der Waals surface area contributed by atoms with Gasteiger partial charge in [0.2, 0.25) is 0 Å². The summed E-state index contributed by atoms with van der Waals surface area (Å²) in [5.74, 6) is 2.68. The van der Waals surface area contributed by atoms with Crippen LogP contribution in [0.1, 0.15) is 38.5 Å². The van der Waals surface area contributed by atoms with Crippen LogP contribution in [0.2, 0.25) is 0 Å². The number of rotatable bonds is 6. The molecule has 0 aromatic carbocycles. The van der Waals surface area contributed by atoms with E-state index in [2.05, 4.69) is 10.8 Å². The Morgan fingerprint density at radius 2 is 2.29 bits per heavy atom. The maximum Gasteiger partial charge on any atom is 0.0431 e. The van der Waals surface area contributed by atoms with Crippen LogP contribution in [-0.4, -0.2) is 35.7 Å². The maximum absolute atomic E-state index is 8.78. The highest BCUT2D eigenvalue weighted by Crippen LogP contribution is 2.21. The minimum absolute atomic E-state index is 0.328. The van der Waals surface area contributed by atoms with Gasteiger partial charge >= 0.3 is 0 Å². The Labute approximate surface area is 87.3 Å². The van der Waals surface area contributed by atoms with Gasteiger partial charge in [0.15, 0.2) is 0 Å². The molecular formula is C12H21NO. The summed E-state index contributed by atoms with van der Waals surface area (Å²) in [6, 6.07) is 0.708. The topological polar surface area (TPSA) is 23.5 Å². The van der Waals surface area contributed by atoms with Crippen LogP contribution in [0, 0.1) is 12.3 Å². The molecule has 14 heavy (non-hydrogen) atoms. The summed E-state index contributed by atoms with van der Waals surface area (Å²) in [6.45, 7) is 2.69. The minimum Gasteiger partial charge on any atom is -0.396 e. The van der Waals surface area contributed by atoms with Crippen LogP contribution in [0.4, 0.5) is 0 Å². The highest BCUT2D eigenvalue weighted by atomic mass is 16.2. The van der Waals surface area contributed by atoms with Crippen molar-refractivity contribution in [1.29, 1.82) is 0 Å². The number of terminal acetylenes is 1. The Kier molecular flexibility index (Phi) is 5.66. The Balaban J connectivity index is 2.18. The average Bonchev–Trinajstić information content (AvgIpc) is 2.63. The van der Waals surface area contributed by atoms with Crippen molar-refractivity contribution >= 4 is 0 Å². The normalized spacial score (nSPS) is 22.4. The molecule has 0 bridgehead atoms. The molecule has 0 saturated carbocycles. The molecule has 1 N–H and O–H groups in total. The molecule has 1 fully saturated rings. The van der Waals surface area contributed by atoms with Crippen LogP contribution in [0.15, 0.2) is 0 Å². The Morgan fingerprint density at radius 1 is 1.43 bits per heavy atom. The minimum atomic E-state index is 0.328. The molecule has 1 unspecified atom stereocenters. The fraction of sp³-hybridized carbons (Fsp3) is 0.833. The second kappa shape index (κ2) is 6.86. The molecule has 80 valence electrons. The first-order chi connectivity index (χ1) is 6.88. The van der Waals surface area contributed by atoms with Crippen molar-refractivity contribution in [3.8, 4) is 12.3 Å². The van der Waals surface area contributed by atoms with Crippen molar-refractivity contribution in [1.82, 2.24) is 4.90 Å². The second-order valence-corrected chi connectivity index (χ2v) is 4.01. The van der Waals surface area contributed by atoms with E-state index in [0.29, 0.717) is 12.6 Å². The molecule has 0 spiro atoms. The first-order valence-corrected chi connectivity index (χ1v) is 5.67. The highest BCUT2D eigenvalue weighted by molar-refractivity contribution is 4.85. The first kappa shape index (κ1) is 11.6. The van der Waals surface area contributed by atoms with Crippen LogP contribution in [0.3, 0.4) is 0 Å². The lowest BCUT2D eigenvalue weighted by Gasteiger charge is -2.23. The number of likely N-dealkylation sites (tertiary alicyclic amines) is 1. The lowest BCUT2D eigenvalue weighted by molar-refractivity contribution is 0.215. The fourth-order valence-corrected chi connectivity index (χ4v) is 2.23. The molecule has 1 atom stereocenters. The second-order valence-electron chi connectivity index (χ2n) is 4.01. The van der Waals surface area contributed by atoms with E-state index in [1.807, 2.05) is 0 Å². The third-order valence-corrected chi connectivity index (χ3v) is 2.96. The van der Waals surface area contributed by atoms with Crippen LogP contribution >= 0.6 is 0 Å². The molecule has 0 aliphatic carbocycles. The number of unbranched alkanes of at least 4 members (excludes halogenated alkanes) is 1. The van der Waals surface area contributed by atoms with Gasteiger partial charge in [-0.3, -0.25) is 0 Å². The van der Waals surface area contributed by atoms with Gasteiger partial charge in [-0.05, 0) is 45.2 Å². The molecule has 0 aromatic rings. The van der Waals surface area contributed by atoms with Crippen molar-refractivity contribution in [3.63, 3.8) is 0 Å². The van der Waals surface area contributed by atoms with E-state index in [0.717, 1.165) is 32.2 Å². The van der Waals surface area contributed by atoms with Crippen molar-refractivity contribution in [3.05, 3.63) is 0 Å². The first-order valence-electron chi connectivity index (χ1n) is 5.67. The molecule has 0 radical (unpaired) electrons. The van der Waals surface area contributed by atoms with Gasteiger partial charge < -0.3 is 10.0 Å². The van der Waals surface area contributed by atoms with Gasteiger partial charge in [0, 0.05) is 19.1 Å². The molecule has 2 heteroatoms. The fourth-order valence-electron chi connectivity index (χ4n) is 2.23. The monoisotopic (exact) mass is 195 g/mol. The molecule has 1 aliphatic heterocycles. The maximum atomic E-state index is 8.78. The molecule has 1 heterocycles. The van der Waals surface area contributed by atoms with Crippen molar-refractivity contribution in [2.24, 2.45) is 0 Å². The summed E-state index contributed by atoms with van der Waals surface area (Å²) in [5, 5.41) is 8.78. The van der Waals surface area contributed by atoms with Crippen molar-refractivity contribution in [2.45, 2.75) is 44.6 Å². The Bertz CT molecular complexity index is 185. The molecular weight excluding hydrogens is 174 g/mol. The van der Waals surface area contributed by atoms with E-state index in [9.17, 15) is 0 Å². The number of aliphatic hydroxyl groups is 1. The van der Waals surface area contributed by atoms with E-state index in [-0.39, 0.29) is 0 Å². The van der Waals surface area contributed by atoms with Crippen molar-refractivity contribution in [2.75, 3.05) is 19.7 Å². The Hall–Kier alpha value is -0.520. The third-order valence-electron chi connectivity index (χ3n) is 2.96. The summed E-state index contributed by atoms with van der Waals surface area (Å²) in [6.07, 6.45) is 11.9. The zero-order valence-corrected chi connectivity index (χ0v) is 8.91. The SMILES string of the molecule is C#CCCCN1CCCC1CCCO. The van der Waals surface area contributed by atoms with Crippen LogP contribution in [0.5, 0.6) is 0 Å². The van der Waals surface area contributed by atoms with Crippen LogP contribution in [0.25, 0.3) is 0 Å². The smallest absolute Gasteiger partial charge is 0.0431 e. The van der Waals surface area contributed by atoms with E-state index < -0.39 is 0 Å². The summed E-state index contributed by atoms with van der Waals surface area (Å²) in [5.41, 5.74) is 0. The van der Waals surface area contributed by atoms with E-state index in [1.54, 1.807) is 0 Å². The van der Waals surface area contributed by atoms with Gasteiger partial charge in [-0.1, -0.05) is 0 Å². The third kappa shape index (κ3) is 3.69. The lowest BCUT2D eigenvalue weighted by atomic mass is 10.1. The van der Waals surface area contributed by atoms with Gasteiger partial charge in [-0.15, -0.1) is 12.3 Å². The highest BCUT2D eigenvalue weighted by Gasteiger charge is 2.22. The van der Waals surface area contributed by atoms with Gasteiger partial charge in [0.1, 0.15) is 0 Å². The van der Waals surface area contributed by atoms with Gasteiger partial charge in [0.05, 0.1) is 0 Å². The molecule has 0 amide bonds. The predicted molar refractivity (Wildman–Crippen MR) is 59.0 cm³/mol. The summed E-state index contributed by atoms with van der Waals surface area (Å²) < 4.78 is 0. The lowest BCUT2D eigenvalue weighted by Crippen LogP contribution is -2.30. The van der Waals surface area contributed by atoms with Crippen LogP contribution < -0.4 is 0 Å². The molecule has 0 aromatic heterocycles.